The number of hydrogen-bond donors (Lipinski definition) is 2. The van der Waals surface area contributed by atoms with E-state index in [0.717, 1.165) is 23.2 Å². The molecule has 5 nitrogen and oxygen atoms in total. The normalized spacial score (nSPS) is 10.3. The first-order chi connectivity index (χ1) is 11.5. The first kappa shape index (κ1) is 17.8. The highest BCUT2D eigenvalue weighted by atomic mass is 16.2. The van der Waals surface area contributed by atoms with Gasteiger partial charge in [0.1, 0.15) is 0 Å². The summed E-state index contributed by atoms with van der Waals surface area (Å²) in [7, 11) is 4.04. The molecule has 0 radical (unpaired) electrons. The molecule has 1 aromatic carbocycles. The van der Waals surface area contributed by atoms with Gasteiger partial charge in [-0.15, -0.1) is 0 Å². The summed E-state index contributed by atoms with van der Waals surface area (Å²) >= 11 is 0. The van der Waals surface area contributed by atoms with Crippen LogP contribution >= 0.6 is 0 Å². The van der Waals surface area contributed by atoms with Crippen molar-refractivity contribution in [2.75, 3.05) is 25.5 Å². The third-order valence-corrected chi connectivity index (χ3v) is 4.10. The maximum atomic E-state index is 11.9. The van der Waals surface area contributed by atoms with Gasteiger partial charge in [0.25, 0.3) is 0 Å². The number of urea groups is 1. The average molecular weight is 326 g/mol. The highest BCUT2D eigenvalue weighted by Gasteiger charge is 2.05. The zero-order valence-corrected chi connectivity index (χ0v) is 14.9. The predicted octanol–water partition coefficient (Wildman–Crippen LogP) is 2.81. The monoisotopic (exact) mass is 326 g/mol. The minimum atomic E-state index is -0.141. The van der Waals surface area contributed by atoms with Crippen molar-refractivity contribution in [1.29, 1.82) is 0 Å². The highest BCUT2D eigenvalue weighted by molar-refractivity contribution is 5.73. The lowest BCUT2D eigenvalue weighted by molar-refractivity contribution is 0.240. The van der Waals surface area contributed by atoms with Crippen molar-refractivity contribution < 1.29 is 4.79 Å². The number of aromatic nitrogens is 1. The average Bonchev–Trinajstić information content (AvgIpc) is 2.55. The van der Waals surface area contributed by atoms with Crippen LogP contribution in [-0.4, -0.2) is 31.7 Å². The molecule has 24 heavy (non-hydrogen) atoms. The molecule has 0 aliphatic rings. The molecule has 2 rings (SSSR count). The fourth-order valence-corrected chi connectivity index (χ4v) is 2.49. The lowest BCUT2D eigenvalue weighted by Gasteiger charge is -2.15. The number of carbonyl (C=O) groups excluding carboxylic acids is 1. The highest BCUT2D eigenvalue weighted by Crippen LogP contribution is 2.17. The molecule has 0 fully saturated rings. The minimum Gasteiger partial charge on any atom is -0.378 e. The molecule has 128 valence electrons. The number of hydrogen-bond acceptors (Lipinski definition) is 3. The van der Waals surface area contributed by atoms with Gasteiger partial charge in [-0.25, -0.2) is 4.79 Å². The summed E-state index contributed by atoms with van der Waals surface area (Å²) in [6.07, 6.45) is 4.43. The Bertz CT molecular complexity index is 698. The number of pyridine rings is 1. The topological polar surface area (TPSA) is 57.3 Å². The molecule has 1 aromatic heterocycles. The van der Waals surface area contributed by atoms with E-state index in [9.17, 15) is 4.79 Å². The summed E-state index contributed by atoms with van der Waals surface area (Å²) in [5.41, 5.74) is 5.82. The van der Waals surface area contributed by atoms with Crippen LogP contribution in [0.4, 0.5) is 10.5 Å². The molecule has 1 heterocycles. The predicted molar refractivity (Wildman–Crippen MR) is 98.4 cm³/mol. The molecule has 5 heteroatoms. The number of nitrogens with one attached hydrogen (secondary N) is 2. The molecular formula is C19H26N4O. The molecule has 0 aliphatic carbocycles. The van der Waals surface area contributed by atoms with E-state index in [-0.39, 0.29) is 6.03 Å². The Morgan fingerprint density at radius 1 is 1.08 bits per heavy atom. The molecular weight excluding hydrogens is 300 g/mol. The largest absolute Gasteiger partial charge is 0.378 e. The van der Waals surface area contributed by atoms with Gasteiger partial charge in [0.2, 0.25) is 0 Å². The van der Waals surface area contributed by atoms with Gasteiger partial charge in [-0.2, -0.15) is 0 Å². The number of carbonyl (C=O) groups is 1. The number of nitrogens with zero attached hydrogens (tertiary/aromatic N) is 2. The van der Waals surface area contributed by atoms with Crippen LogP contribution < -0.4 is 15.5 Å². The van der Waals surface area contributed by atoms with Crippen molar-refractivity contribution in [2.45, 2.75) is 26.8 Å². The molecule has 0 unspecified atom stereocenters. The standard InChI is InChI=1S/C19H26N4O/c1-14-11-18(23(3)4)6-5-17(14)13-22-19(24)21-10-8-16-7-9-20-12-15(16)2/h5-7,9,11-12H,8,10,13H2,1-4H3,(H2,21,22,24). The molecule has 0 saturated heterocycles. The Morgan fingerprint density at radius 2 is 1.88 bits per heavy atom. The fraction of sp³-hybridized carbons (Fsp3) is 0.368. The van der Waals surface area contributed by atoms with E-state index < -0.39 is 0 Å². The Hall–Kier alpha value is -2.56. The van der Waals surface area contributed by atoms with Crippen LogP contribution in [0.3, 0.4) is 0 Å². The van der Waals surface area contributed by atoms with Gasteiger partial charge < -0.3 is 15.5 Å². The van der Waals surface area contributed by atoms with Crippen molar-refractivity contribution in [3.63, 3.8) is 0 Å². The first-order valence-electron chi connectivity index (χ1n) is 8.15. The van der Waals surface area contributed by atoms with Crippen LogP contribution in [0, 0.1) is 13.8 Å². The van der Waals surface area contributed by atoms with E-state index in [1.807, 2.05) is 33.3 Å². The maximum absolute atomic E-state index is 11.9. The molecule has 0 aliphatic heterocycles. The quantitative estimate of drug-likeness (QED) is 0.858. The molecule has 0 saturated carbocycles. The third-order valence-electron chi connectivity index (χ3n) is 4.10. The van der Waals surface area contributed by atoms with Crippen LogP contribution in [0.5, 0.6) is 0 Å². The van der Waals surface area contributed by atoms with Gasteiger partial charge >= 0.3 is 6.03 Å². The van der Waals surface area contributed by atoms with Crippen molar-refractivity contribution >= 4 is 11.7 Å². The Labute approximate surface area is 144 Å². The SMILES string of the molecule is Cc1cnccc1CCNC(=O)NCc1ccc(N(C)C)cc1C. The fourth-order valence-electron chi connectivity index (χ4n) is 2.49. The van der Waals surface area contributed by atoms with Crippen LogP contribution in [0.25, 0.3) is 0 Å². The number of rotatable bonds is 6. The molecule has 0 bridgehead atoms. The lowest BCUT2D eigenvalue weighted by atomic mass is 10.1. The Morgan fingerprint density at radius 3 is 2.54 bits per heavy atom. The van der Waals surface area contributed by atoms with Gasteiger partial charge in [-0.1, -0.05) is 6.07 Å². The van der Waals surface area contributed by atoms with Crippen LogP contribution in [0.1, 0.15) is 22.3 Å². The summed E-state index contributed by atoms with van der Waals surface area (Å²) in [6.45, 7) is 5.23. The van der Waals surface area contributed by atoms with Gasteiger partial charge in [0.15, 0.2) is 0 Å². The smallest absolute Gasteiger partial charge is 0.315 e. The van der Waals surface area contributed by atoms with Crippen molar-refractivity contribution in [2.24, 2.45) is 0 Å². The molecule has 2 amide bonds. The van der Waals surface area contributed by atoms with Gasteiger partial charge in [-0.05, 0) is 60.7 Å². The summed E-state index contributed by atoms with van der Waals surface area (Å²) in [5.74, 6) is 0. The second-order valence-electron chi connectivity index (χ2n) is 6.17. The summed E-state index contributed by atoms with van der Waals surface area (Å²) < 4.78 is 0. The van der Waals surface area contributed by atoms with Crippen molar-refractivity contribution in [3.05, 3.63) is 58.9 Å². The zero-order valence-electron chi connectivity index (χ0n) is 14.9. The maximum Gasteiger partial charge on any atom is 0.315 e. The molecule has 0 spiro atoms. The van der Waals surface area contributed by atoms with Crippen LogP contribution in [0.15, 0.2) is 36.7 Å². The lowest BCUT2D eigenvalue weighted by Crippen LogP contribution is -2.36. The van der Waals surface area contributed by atoms with Crippen LogP contribution in [0.2, 0.25) is 0 Å². The summed E-state index contributed by atoms with van der Waals surface area (Å²) in [4.78, 5) is 18.1. The van der Waals surface area contributed by atoms with E-state index in [1.165, 1.54) is 11.1 Å². The zero-order chi connectivity index (χ0) is 17.5. The summed E-state index contributed by atoms with van der Waals surface area (Å²) in [6, 6.07) is 8.10. The van der Waals surface area contributed by atoms with Gasteiger partial charge in [0.05, 0.1) is 0 Å². The number of benzene rings is 1. The molecule has 2 N–H and O–H groups in total. The van der Waals surface area contributed by atoms with Crippen LogP contribution in [-0.2, 0) is 13.0 Å². The first-order valence-corrected chi connectivity index (χ1v) is 8.15. The Kier molecular flexibility index (Phi) is 6.18. The number of anilines is 1. The molecule has 2 aromatic rings. The van der Waals surface area contributed by atoms with Gasteiger partial charge in [-0.3, -0.25) is 4.98 Å². The van der Waals surface area contributed by atoms with Crippen molar-refractivity contribution in [3.8, 4) is 0 Å². The summed E-state index contributed by atoms with van der Waals surface area (Å²) in [5, 5.41) is 5.81. The second-order valence-corrected chi connectivity index (χ2v) is 6.17. The minimum absolute atomic E-state index is 0.141. The second kappa shape index (κ2) is 8.34. The Balaban J connectivity index is 1.78. The molecule has 0 atom stereocenters. The van der Waals surface area contributed by atoms with E-state index in [4.69, 9.17) is 0 Å². The van der Waals surface area contributed by atoms with Crippen molar-refractivity contribution in [1.82, 2.24) is 15.6 Å². The van der Waals surface area contributed by atoms with E-state index >= 15 is 0 Å². The van der Waals surface area contributed by atoms with E-state index in [2.05, 4.69) is 45.6 Å². The van der Waals surface area contributed by atoms with E-state index in [1.54, 1.807) is 6.20 Å². The third kappa shape index (κ3) is 4.98. The van der Waals surface area contributed by atoms with E-state index in [0.29, 0.717) is 13.1 Å². The number of aryl methyl sites for hydroxylation is 2. The van der Waals surface area contributed by atoms with Gasteiger partial charge in [0, 0.05) is 45.3 Å². The number of amides is 2.